The summed E-state index contributed by atoms with van der Waals surface area (Å²) in [4.78, 5) is 0.156. The summed E-state index contributed by atoms with van der Waals surface area (Å²) in [6.07, 6.45) is 2.55. The van der Waals surface area contributed by atoms with E-state index in [0.717, 1.165) is 24.8 Å². The van der Waals surface area contributed by atoms with Crippen molar-refractivity contribution >= 4 is 10.0 Å². The molecule has 20 heavy (non-hydrogen) atoms. The number of aryl methyl sites for hydroxylation is 1. The predicted molar refractivity (Wildman–Crippen MR) is 76.3 cm³/mol. The lowest BCUT2D eigenvalue weighted by Gasteiger charge is -2.20. The minimum Gasteiger partial charge on any atom is -0.495 e. The molecule has 0 saturated heterocycles. The Balaban J connectivity index is 2.28. The molecular weight excluding hydrogens is 278 g/mol. The van der Waals surface area contributed by atoms with Crippen LogP contribution < -0.4 is 9.46 Å². The van der Waals surface area contributed by atoms with Gasteiger partial charge in [0.05, 0.1) is 7.11 Å². The van der Waals surface area contributed by atoms with Gasteiger partial charge in [-0.1, -0.05) is 12.5 Å². The molecule has 0 aliphatic heterocycles. The average Bonchev–Trinajstić information content (AvgIpc) is 2.85. The molecule has 5 nitrogen and oxygen atoms in total. The summed E-state index contributed by atoms with van der Waals surface area (Å²) in [5.74, 6) is 0.335. The van der Waals surface area contributed by atoms with E-state index in [2.05, 4.69) is 4.72 Å². The molecule has 2 atom stereocenters. The van der Waals surface area contributed by atoms with Gasteiger partial charge in [-0.05, 0) is 43.4 Å². The molecule has 1 aromatic rings. The topological polar surface area (TPSA) is 75.6 Å². The van der Waals surface area contributed by atoms with Crippen LogP contribution in [0.1, 0.15) is 24.8 Å². The number of ether oxygens (including phenoxy) is 1. The summed E-state index contributed by atoms with van der Waals surface area (Å²) < 4.78 is 32.9. The summed E-state index contributed by atoms with van der Waals surface area (Å²) in [5.41, 5.74) is 0.858. The molecule has 1 saturated carbocycles. The highest BCUT2D eigenvalue weighted by Crippen LogP contribution is 2.29. The van der Waals surface area contributed by atoms with Crippen LogP contribution in [-0.2, 0) is 10.0 Å². The van der Waals surface area contributed by atoms with Gasteiger partial charge in [-0.3, -0.25) is 0 Å². The van der Waals surface area contributed by atoms with E-state index in [9.17, 15) is 13.5 Å². The van der Waals surface area contributed by atoms with Crippen LogP contribution in [0.5, 0.6) is 5.75 Å². The highest BCUT2D eigenvalue weighted by molar-refractivity contribution is 7.89. The van der Waals surface area contributed by atoms with Crippen LogP contribution in [0.25, 0.3) is 0 Å². The van der Waals surface area contributed by atoms with Gasteiger partial charge in [0, 0.05) is 12.6 Å². The van der Waals surface area contributed by atoms with E-state index in [4.69, 9.17) is 4.74 Å². The van der Waals surface area contributed by atoms with Gasteiger partial charge in [0.1, 0.15) is 10.6 Å². The molecule has 0 heterocycles. The highest BCUT2D eigenvalue weighted by Gasteiger charge is 2.31. The summed E-state index contributed by atoms with van der Waals surface area (Å²) in [5, 5.41) is 9.29. The molecule has 2 unspecified atom stereocenters. The second-order valence-corrected chi connectivity index (χ2v) is 6.94. The van der Waals surface area contributed by atoms with Gasteiger partial charge in [0.2, 0.25) is 10.0 Å². The van der Waals surface area contributed by atoms with E-state index in [1.165, 1.54) is 7.11 Å². The fourth-order valence-corrected chi connectivity index (χ4v) is 4.26. The maximum Gasteiger partial charge on any atom is 0.244 e. The number of rotatable bonds is 5. The second-order valence-electron chi connectivity index (χ2n) is 5.26. The summed E-state index contributed by atoms with van der Waals surface area (Å²) in [7, 11) is -2.18. The Morgan fingerprint density at radius 3 is 2.80 bits per heavy atom. The Labute approximate surface area is 120 Å². The van der Waals surface area contributed by atoms with Crippen LogP contribution in [0.3, 0.4) is 0 Å². The zero-order chi connectivity index (χ0) is 14.8. The Morgan fingerprint density at radius 1 is 1.40 bits per heavy atom. The lowest BCUT2D eigenvalue weighted by Crippen LogP contribution is -2.38. The van der Waals surface area contributed by atoms with Crippen LogP contribution in [-0.4, -0.2) is 33.3 Å². The number of nitrogens with one attached hydrogen (secondary N) is 1. The number of aliphatic hydroxyl groups excluding tert-OH is 1. The van der Waals surface area contributed by atoms with E-state index >= 15 is 0 Å². The second kappa shape index (κ2) is 6.11. The standard InChI is InChI=1S/C14H21NO4S/c1-10-6-7-13(19-2)14(8-10)20(17,18)15-12-5-3-4-11(12)9-16/h6-8,11-12,15-16H,3-5,9H2,1-2H3. The van der Waals surface area contributed by atoms with Crippen molar-refractivity contribution in [3.05, 3.63) is 23.8 Å². The molecule has 0 spiro atoms. The van der Waals surface area contributed by atoms with Gasteiger partial charge in [-0.2, -0.15) is 0 Å². The predicted octanol–water partition coefficient (Wildman–Crippen LogP) is 1.44. The van der Waals surface area contributed by atoms with E-state index in [1.807, 2.05) is 13.0 Å². The van der Waals surface area contributed by atoms with Gasteiger partial charge in [-0.15, -0.1) is 0 Å². The first kappa shape index (κ1) is 15.3. The quantitative estimate of drug-likeness (QED) is 0.862. The third-order valence-electron chi connectivity index (χ3n) is 3.81. The van der Waals surface area contributed by atoms with Crippen molar-refractivity contribution < 1.29 is 18.3 Å². The molecule has 2 N–H and O–H groups in total. The van der Waals surface area contributed by atoms with Crippen molar-refractivity contribution in [3.63, 3.8) is 0 Å². The Morgan fingerprint density at radius 2 is 2.15 bits per heavy atom. The van der Waals surface area contributed by atoms with Crippen molar-refractivity contribution in [2.45, 2.75) is 37.1 Å². The largest absolute Gasteiger partial charge is 0.495 e. The smallest absolute Gasteiger partial charge is 0.244 e. The monoisotopic (exact) mass is 299 g/mol. The third kappa shape index (κ3) is 3.13. The van der Waals surface area contributed by atoms with E-state index in [1.54, 1.807) is 12.1 Å². The van der Waals surface area contributed by atoms with E-state index < -0.39 is 10.0 Å². The van der Waals surface area contributed by atoms with Gasteiger partial charge in [-0.25, -0.2) is 13.1 Å². The maximum atomic E-state index is 12.5. The molecule has 1 fully saturated rings. The van der Waals surface area contributed by atoms with Gasteiger partial charge in [0.25, 0.3) is 0 Å². The first-order valence-corrected chi connectivity index (χ1v) is 8.24. The molecule has 112 valence electrons. The number of hydrogen-bond acceptors (Lipinski definition) is 4. The lowest BCUT2D eigenvalue weighted by molar-refractivity contribution is 0.213. The van der Waals surface area contributed by atoms with E-state index in [-0.39, 0.29) is 23.5 Å². The number of sulfonamides is 1. The Kier molecular flexibility index (Phi) is 4.67. The van der Waals surface area contributed by atoms with Gasteiger partial charge >= 0.3 is 0 Å². The fourth-order valence-electron chi connectivity index (χ4n) is 2.67. The van der Waals surface area contributed by atoms with Crippen LogP contribution in [0.15, 0.2) is 23.1 Å². The number of hydrogen-bond donors (Lipinski definition) is 2. The lowest BCUT2D eigenvalue weighted by atomic mass is 10.1. The number of benzene rings is 1. The van der Waals surface area contributed by atoms with Gasteiger partial charge < -0.3 is 9.84 Å². The minimum atomic E-state index is -3.64. The van der Waals surface area contributed by atoms with Crippen LogP contribution >= 0.6 is 0 Å². The molecule has 0 radical (unpaired) electrons. The van der Waals surface area contributed by atoms with Crippen molar-refractivity contribution in [2.24, 2.45) is 5.92 Å². The molecular formula is C14H21NO4S. The first-order chi connectivity index (χ1) is 9.47. The average molecular weight is 299 g/mol. The number of aliphatic hydroxyl groups is 1. The SMILES string of the molecule is COc1ccc(C)cc1S(=O)(=O)NC1CCCC1CO. The first-order valence-electron chi connectivity index (χ1n) is 6.75. The number of methoxy groups -OCH3 is 1. The van der Waals surface area contributed by atoms with Crippen molar-refractivity contribution in [3.8, 4) is 5.75 Å². The molecule has 0 amide bonds. The molecule has 1 aliphatic carbocycles. The maximum absolute atomic E-state index is 12.5. The Hall–Kier alpha value is -1.11. The summed E-state index contributed by atoms with van der Waals surface area (Å²) >= 11 is 0. The zero-order valence-corrected chi connectivity index (χ0v) is 12.6. The van der Waals surface area contributed by atoms with E-state index in [0.29, 0.717) is 5.75 Å². The van der Waals surface area contributed by atoms with Crippen molar-refractivity contribution in [1.82, 2.24) is 4.72 Å². The van der Waals surface area contributed by atoms with Crippen LogP contribution in [0, 0.1) is 12.8 Å². The van der Waals surface area contributed by atoms with Crippen LogP contribution in [0.4, 0.5) is 0 Å². The van der Waals surface area contributed by atoms with Crippen molar-refractivity contribution in [1.29, 1.82) is 0 Å². The van der Waals surface area contributed by atoms with Crippen molar-refractivity contribution in [2.75, 3.05) is 13.7 Å². The molecule has 6 heteroatoms. The normalized spacial score (nSPS) is 22.9. The highest BCUT2D eigenvalue weighted by atomic mass is 32.2. The Bertz CT molecular complexity index is 571. The fraction of sp³-hybridized carbons (Fsp3) is 0.571. The zero-order valence-electron chi connectivity index (χ0n) is 11.8. The molecule has 0 aromatic heterocycles. The minimum absolute atomic E-state index is 0.000536. The molecule has 0 bridgehead atoms. The summed E-state index contributed by atoms with van der Waals surface area (Å²) in [6, 6.07) is 4.87. The molecule has 1 aliphatic rings. The summed E-state index contributed by atoms with van der Waals surface area (Å²) in [6.45, 7) is 1.85. The van der Waals surface area contributed by atoms with Gasteiger partial charge in [0.15, 0.2) is 0 Å². The molecule has 2 rings (SSSR count). The molecule has 1 aromatic carbocycles. The third-order valence-corrected chi connectivity index (χ3v) is 5.32. The van der Waals surface area contributed by atoms with Crippen LogP contribution in [0.2, 0.25) is 0 Å².